The SMILES string of the molecule is O=Cc1cccc(C=CCCS)c1F. The van der Waals surface area contributed by atoms with E-state index >= 15 is 0 Å². The Labute approximate surface area is 88.0 Å². The maximum absolute atomic E-state index is 13.4. The monoisotopic (exact) mass is 210 g/mol. The first-order valence-corrected chi connectivity index (χ1v) is 4.94. The van der Waals surface area contributed by atoms with Gasteiger partial charge in [0.15, 0.2) is 6.29 Å². The van der Waals surface area contributed by atoms with Gasteiger partial charge in [0.25, 0.3) is 0 Å². The number of halogens is 1. The van der Waals surface area contributed by atoms with Gasteiger partial charge in [-0.05, 0) is 18.2 Å². The topological polar surface area (TPSA) is 17.1 Å². The summed E-state index contributed by atoms with van der Waals surface area (Å²) in [6, 6.07) is 4.75. The summed E-state index contributed by atoms with van der Waals surface area (Å²) >= 11 is 4.03. The number of carbonyl (C=O) groups is 1. The first kappa shape index (κ1) is 11.0. The molecule has 1 aromatic rings. The minimum atomic E-state index is -0.460. The van der Waals surface area contributed by atoms with E-state index in [9.17, 15) is 9.18 Å². The van der Waals surface area contributed by atoms with Gasteiger partial charge in [0.1, 0.15) is 5.82 Å². The van der Waals surface area contributed by atoms with Crippen molar-refractivity contribution in [2.75, 3.05) is 5.75 Å². The number of hydrogen-bond acceptors (Lipinski definition) is 2. The molecule has 0 saturated carbocycles. The molecule has 1 aromatic carbocycles. The molecule has 0 radical (unpaired) electrons. The summed E-state index contributed by atoms with van der Waals surface area (Å²) in [5.41, 5.74) is 0.536. The zero-order valence-corrected chi connectivity index (χ0v) is 8.51. The number of benzene rings is 1. The van der Waals surface area contributed by atoms with Crippen LogP contribution >= 0.6 is 12.6 Å². The number of rotatable bonds is 4. The summed E-state index contributed by atoms with van der Waals surface area (Å²) in [7, 11) is 0. The van der Waals surface area contributed by atoms with Crippen LogP contribution in [0.25, 0.3) is 6.08 Å². The van der Waals surface area contributed by atoms with E-state index in [4.69, 9.17) is 0 Å². The van der Waals surface area contributed by atoms with Gasteiger partial charge in [-0.1, -0.05) is 24.3 Å². The fourth-order valence-corrected chi connectivity index (χ4v) is 1.22. The first-order chi connectivity index (χ1) is 6.79. The Morgan fingerprint density at radius 1 is 1.36 bits per heavy atom. The van der Waals surface area contributed by atoms with Gasteiger partial charge in [-0.2, -0.15) is 12.6 Å². The van der Waals surface area contributed by atoms with Gasteiger partial charge < -0.3 is 0 Å². The molecular formula is C11H11FOS. The zero-order valence-electron chi connectivity index (χ0n) is 7.61. The molecular weight excluding hydrogens is 199 g/mol. The lowest BCUT2D eigenvalue weighted by Crippen LogP contribution is -1.90. The van der Waals surface area contributed by atoms with E-state index in [2.05, 4.69) is 12.6 Å². The molecule has 0 amide bonds. The van der Waals surface area contributed by atoms with Gasteiger partial charge in [-0.15, -0.1) is 0 Å². The van der Waals surface area contributed by atoms with Crippen LogP contribution in [0.15, 0.2) is 24.3 Å². The van der Waals surface area contributed by atoms with Crippen molar-refractivity contribution < 1.29 is 9.18 Å². The summed E-state index contributed by atoms with van der Waals surface area (Å²) in [6.45, 7) is 0. The van der Waals surface area contributed by atoms with Crippen LogP contribution in [0.1, 0.15) is 22.3 Å². The quantitative estimate of drug-likeness (QED) is 0.597. The predicted molar refractivity (Wildman–Crippen MR) is 59.3 cm³/mol. The third-order valence-corrected chi connectivity index (χ3v) is 2.04. The van der Waals surface area contributed by atoms with Crippen LogP contribution in [-0.4, -0.2) is 12.0 Å². The average Bonchev–Trinajstić information content (AvgIpc) is 2.21. The molecule has 14 heavy (non-hydrogen) atoms. The molecule has 0 fully saturated rings. The Morgan fingerprint density at radius 3 is 2.71 bits per heavy atom. The summed E-state index contributed by atoms with van der Waals surface area (Å²) in [6.07, 6.45) is 4.80. The minimum Gasteiger partial charge on any atom is -0.298 e. The van der Waals surface area contributed by atoms with E-state index in [1.165, 1.54) is 6.07 Å². The zero-order chi connectivity index (χ0) is 10.4. The molecule has 3 heteroatoms. The van der Waals surface area contributed by atoms with Crippen molar-refractivity contribution in [3.63, 3.8) is 0 Å². The molecule has 0 bridgehead atoms. The number of thiol groups is 1. The van der Waals surface area contributed by atoms with Crippen molar-refractivity contribution in [2.24, 2.45) is 0 Å². The van der Waals surface area contributed by atoms with Crippen LogP contribution in [0, 0.1) is 5.82 Å². The van der Waals surface area contributed by atoms with Gasteiger partial charge >= 0.3 is 0 Å². The van der Waals surface area contributed by atoms with E-state index in [1.54, 1.807) is 18.2 Å². The van der Waals surface area contributed by atoms with E-state index in [1.807, 2.05) is 6.08 Å². The highest BCUT2D eigenvalue weighted by Gasteiger charge is 2.03. The van der Waals surface area contributed by atoms with Crippen molar-refractivity contribution >= 4 is 25.0 Å². The molecule has 0 aliphatic heterocycles. The van der Waals surface area contributed by atoms with Gasteiger partial charge in [0.2, 0.25) is 0 Å². The normalized spacial score (nSPS) is 10.7. The van der Waals surface area contributed by atoms with E-state index in [0.29, 0.717) is 11.8 Å². The molecule has 0 aliphatic rings. The Hall–Kier alpha value is -1.09. The summed E-state index contributed by atoms with van der Waals surface area (Å²) in [4.78, 5) is 10.4. The Bertz CT molecular complexity index is 347. The highest BCUT2D eigenvalue weighted by Crippen LogP contribution is 2.13. The second-order valence-corrected chi connectivity index (χ2v) is 3.23. The summed E-state index contributed by atoms with van der Waals surface area (Å²) in [5.74, 6) is 0.267. The van der Waals surface area contributed by atoms with Crippen molar-refractivity contribution in [3.8, 4) is 0 Å². The molecule has 1 nitrogen and oxygen atoms in total. The maximum Gasteiger partial charge on any atom is 0.153 e. The van der Waals surface area contributed by atoms with E-state index in [-0.39, 0.29) is 5.56 Å². The molecule has 1 rings (SSSR count). The number of allylic oxidation sites excluding steroid dienone is 1. The average molecular weight is 210 g/mol. The van der Waals surface area contributed by atoms with Crippen LogP contribution in [-0.2, 0) is 0 Å². The van der Waals surface area contributed by atoms with Crippen LogP contribution in [0.5, 0.6) is 0 Å². The first-order valence-electron chi connectivity index (χ1n) is 4.30. The highest BCUT2D eigenvalue weighted by molar-refractivity contribution is 7.80. The second kappa shape index (κ2) is 5.60. The van der Waals surface area contributed by atoms with Crippen LogP contribution in [0.3, 0.4) is 0 Å². The number of hydrogen-bond donors (Lipinski definition) is 1. The summed E-state index contributed by atoms with van der Waals surface area (Å²) in [5, 5.41) is 0. The van der Waals surface area contributed by atoms with Gasteiger partial charge in [-0.3, -0.25) is 4.79 Å². The minimum absolute atomic E-state index is 0.0954. The number of carbonyl (C=O) groups excluding carboxylic acids is 1. The molecule has 0 spiro atoms. The van der Waals surface area contributed by atoms with Crippen molar-refractivity contribution in [3.05, 3.63) is 41.2 Å². The van der Waals surface area contributed by atoms with Crippen LogP contribution in [0.4, 0.5) is 4.39 Å². The lowest BCUT2D eigenvalue weighted by Gasteiger charge is -1.98. The van der Waals surface area contributed by atoms with Gasteiger partial charge in [0.05, 0.1) is 5.56 Å². The standard InChI is InChI=1S/C11H11FOS/c12-11-9(4-1-2-7-14)5-3-6-10(11)8-13/h1,3-6,8,14H,2,7H2. The van der Waals surface area contributed by atoms with E-state index < -0.39 is 5.82 Å². The molecule has 0 aliphatic carbocycles. The highest BCUT2D eigenvalue weighted by atomic mass is 32.1. The van der Waals surface area contributed by atoms with E-state index in [0.717, 1.165) is 12.2 Å². The smallest absolute Gasteiger partial charge is 0.153 e. The lowest BCUT2D eigenvalue weighted by atomic mass is 10.1. The molecule has 0 heterocycles. The maximum atomic E-state index is 13.4. The van der Waals surface area contributed by atoms with Crippen molar-refractivity contribution in [1.82, 2.24) is 0 Å². The molecule has 0 atom stereocenters. The fourth-order valence-electron chi connectivity index (χ4n) is 1.07. The Kier molecular flexibility index (Phi) is 4.40. The fraction of sp³-hybridized carbons (Fsp3) is 0.182. The van der Waals surface area contributed by atoms with Crippen LogP contribution < -0.4 is 0 Å². The second-order valence-electron chi connectivity index (χ2n) is 2.78. The molecule has 0 unspecified atom stereocenters. The predicted octanol–water partition coefficient (Wildman–Crippen LogP) is 2.97. The largest absolute Gasteiger partial charge is 0.298 e. The molecule has 74 valence electrons. The summed E-state index contributed by atoms with van der Waals surface area (Å²) < 4.78 is 13.4. The molecule has 0 aromatic heterocycles. The molecule has 0 saturated heterocycles. The third-order valence-electron chi connectivity index (χ3n) is 1.78. The number of aldehydes is 1. The van der Waals surface area contributed by atoms with Crippen LogP contribution in [0.2, 0.25) is 0 Å². The van der Waals surface area contributed by atoms with Gasteiger partial charge in [0, 0.05) is 5.56 Å². The van der Waals surface area contributed by atoms with Crippen molar-refractivity contribution in [1.29, 1.82) is 0 Å². The van der Waals surface area contributed by atoms with Crippen molar-refractivity contribution in [2.45, 2.75) is 6.42 Å². The Balaban J connectivity index is 2.92. The third kappa shape index (κ3) is 2.70. The Morgan fingerprint density at radius 2 is 2.07 bits per heavy atom. The van der Waals surface area contributed by atoms with Gasteiger partial charge in [-0.25, -0.2) is 4.39 Å². The lowest BCUT2D eigenvalue weighted by molar-refractivity contribution is 0.112. The molecule has 0 N–H and O–H groups in total.